The minimum atomic E-state index is -0.336. The third kappa shape index (κ3) is 4.76. The van der Waals surface area contributed by atoms with Crippen molar-refractivity contribution in [3.05, 3.63) is 24.3 Å². The van der Waals surface area contributed by atoms with Gasteiger partial charge in [0.2, 0.25) is 5.91 Å². The fourth-order valence-corrected chi connectivity index (χ4v) is 2.65. The standard InChI is InChI=1S/C16H24N2O2/c17-16(19)10-11-20-15-9-5-4-8-14(15)18-12-13-6-2-1-3-7-13/h4-5,8-9,13,18H,1-3,6-7,10-12H2,(H2,17,19). The van der Waals surface area contributed by atoms with E-state index < -0.39 is 0 Å². The molecule has 1 aliphatic rings. The smallest absolute Gasteiger partial charge is 0.220 e. The highest BCUT2D eigenvalue weighted by atomic mass is 16.5. The maximum absolute atomic E-state index is 10.7. The molecule has 4 heteroatoms. The first-order chi connectivity index (χ1) is 9.75. The number of hydrogen-bond donors (Lipinski definition) is 2. The number of carbonyl (C=O) groups excluding carboxylic acids is 1. The summed E-state index contributed by atoms with van der Waals surface area (Å²) in [5.41, 5.74) is 6.12. The van der Waals surface area contributed by atoms with Gasteiger partial charge in [0.25, 0.3) is 0 Å². The van der Waals surface area contributed by atoms with Crippen molar-refractivity contribution in [2.24, 2.45) is 11.7 Å². The lowest BCUT2D eigenvalue weighted by Crippen LogP contribution is -2.18. The molecule has 0 aliphatic heterocycles. The summed E-state index contributed by atoms with van der Waals surface area (Å²) in [6.45, 7) is 1.33. The predicted molar refractivity (Wildman–Crippen MR) is 80.8 cm³/mol. The van der Waals surface area contributed by atoms with E-state index in [-0.39, 0.29) is 12.3 Å². The van der Waals surface area contributed by atoms with E-state index in [2.05, 4.69) is 5.32 Å². The largest absolute Gasteiger partial charge is 0.491 e. The molecule has 0 spiro atoms. The Hall–Kier alpha value is -1.71. The minimum Gasteiger partial charge on any atom is -0.491 e. The van der Waals surface area contributed by atoms with Crippen LogP contribution in [0.1, 0.15) is 38.5 Å². The highest BCUT2D eigenvalue weighted by Crippen LogP contribution is 2.27. The van der Waals surface area contributed by atoms with Gasteiger partial charge in [-0.3, -0.25) is 4.79 Å². The van der Waals surface area contributed by atoms with Crippen LogP contribution in [0.25, 0.3) is 0 Å². The summed E-state index contributed by atoms with van der Waals surface area (Å²) in [6, 6.07) is 7.86. The number of anilines is 1. The van der Waals surface area contributed by atoms with Gasteiger partial charge in [0, 0.05) is 6.54 Å². The zero-order chi connectivity index (χ0) is 14.2. The van der Waals surface area contributed by atoms with Crippen molar-refractivity contribution >= 4 is 11.6 Å². The molecule has 4 nitrogen and oxygen atoms in total. The molecule has 0 unspecified atom stereocenters. The van der Waals surface area contributed by atoms with Crippen molar-refractivity contribution in [3.63, 3.8) is 0 Å². The summed E-state index contributed by atoms with van der Waals surface area (Å²) in [5, 5.41) is 3.48. The number of nitrogens with one attached hydrogen (secondary N) is 1. The van der Waals surface area contributed by atoms with Crippen LogP contribution in [0, 0.1) is 5.92 Å². The Balaban J connectivity index is 1.84. The number of benzene rings is 1. The molecule has 0 heterocycles. The average molecular weight is 276 g/mol. The summed E-state index contributed by atoms with van der Waals surface area (Å²) in [4.78, 5) is 10.7. The lowest BCUT2D eigenvalue weighted by Gasteiger charge is -2.23. The van der Waals surface area contributed by atoms with Gasteiger partial charge >= 0.3 is 0 Å². The lowest BCUT2D eigenvalue weighted by molar-refractivity contribution is -0.118. The summed E-state index contributed by atoms with van der Waals surface area (Å²) < 4.78 is 5.62. The third-order valence-electron chi connectivity index (χ3n) is 3.80. The molecule has 2 rings (SSSR count). The molecule has 1 saturated carbocycles. The van der Waals surface area contributed by atoms with Crippen LogP contribution in [0.4, 0.5) is 5.69 Å². The molecule has 3 N–H and O–H groups in total. The summed E-state index contributed by atoms with van der Waals surface area (Å²) in [7, 11) is 0. The van der Waals surface area contributed by atoms with E-state index in [4.69, 9.17) is 10.5 Å². The van der Waals surface area contributed by atoms with E-state index in [0.29, 0.717) is 6.61 Å². The lowest BCUT2D eigenvalue weighted by atomic mass is 9.89. The number of para-hydroxylation sites is 2. The number of nitrogens with two attached hydrogens (primary N) is 1. The van der Waals surface area contributed by atoms with Gasteiger partial charge in [0.1, 0.15) is 5.75 Å². The molecule has 110 valence electrons. The van der Waals surface area contributed by atoms with Gasteiger partial charge < -0.3 is 15.8 Å². The molecule has 0 saturated heterocycles. The molecule has 1 amide bonds. The normalized spacial score (nSPS) is 15.8. The zero-order valence-electron chi connectivity index (χ0n) is 11.9. The Kier molecular flexibility index (Phi) is 5.71. The number of carbonyl (C=O) groups is 1. The molecule has 0 bridgehead atoms. The Morgan fingerprint density at radius 3 is 2.75 bits per heavy atom. The van der Waals surface area contributed by atoms with Crippen molar-refractivity contribution < 1.29 is 9.53 Å². The van der Waals surface area contributed by atoms with Crippen molar-refractivity contribution in [1.29, 1.82) is 0 Å². The molecule has 0 aromatic heterocycles. The first kappa shape index (κ1) is 14.7. The van der Waals surface area contributed by atoms with E-state index in [9.17, 15) is 4.79 Å². The maximum atomic E-state index is 10.7. The van der Waals surface area contributed by atoms with Crippen LogP contribution in [-0.4, -0.2) is 19.1 Å². The van der Waals surface area contributed by atoms with Gasteiger partial charge in [-0.05, 0) is 30.9 Å². The monoisotopic (exact) mass is 276 g/mol. The van der Waals surface area contributed by atoms with Gasteiger partial charge in [-0.1, -0.05) is 31.4 Å². The fourth-order valence-electron chi connectivity index (χ4n) is 2.65. The highest BCUT2D eigenvalue weighted by Gasteiger charge is 2.13. The van der Waals surface area contributed by atoms with Gasteiger partial charge in [0.15, 0.2) is 0 Å². The van der Waals surface area contributed by atoms with Crippen LogP contribution < -0.4 is 15.8 Å². The number of rotatable bonds is 7. The van der Waals surface area contributed by atoms with Crippen LogP contribution >= 0.6 is 0 Å². The van der Waals surface area contributed by atoms with Gasteiger partial charge in [-0.25, -0.2) is 0 Å². The van der Waals surface area contributed by atoms with Crippen molar-refractivity contribution in [3.8, 4) is 5.75 Å². The zero-order valence-corrected chi connectivity index (χ0v) is 11.9. The average Bonchev–Trinajstić information content (AvgIpc) is 2.47. The van der Waals surface area contributed by atoms with Gasteiger partial charge in [0.05, 0.1) is 18.7 Å². The van der Waals surface area contributed by atoms with E-state index in [1.54, 1.807) is 0 Å². The molecular formula is C16H24N2O2. The highest BCUT2D eigenvalue weighted by molar-refractivity contribution is 5.73. The minimum absolute atomic E-state index is 0.247. The van der Waals surface area contributed by atoms with Gasteiger partial charge in [-0.15, -0.1) is 0 Å². The molecule has 0 atom stereocenters. The fraction of sp³-hybridized carbons (Fsp3) is 0.562. The SMILES string of the molecule is NC(=O)CCOc1ccccc1NCC1CCCCC1. The summed E-state index contributed by atoms with van der Waals surface area (Å²) >= 11 is 0. The van der Waals surface area contributed by atoms with Crippen LogP contribution in [0.5, 0.6) is 5.75 Å². The molecule has 0 radical (unpaired) electrons. The first-order valence-corrected chi connectivity index (χ1v) is 7.49. The Morgan fingerprint density at radius 2 is 2.00 bits per heavy atom. The second-order valence-corrected chi connectivity index (χ2v) is 5.45. The van der Waals surface area contributed by atoms with Crippen LogP contribution in [0.2, 0.25) is 0 Å². The predicted octanol–water partition coefficient (Wildman–Crippen LogP) is 2.93. The molecule has 1 fully saturated rings. The van der Waals surface area contributed by atoms with Crippen LogP contribution in [0.3, 0.4) is 0 Å². The number of primary amides is 1. The molecule has 1 aromatic carbocycles. The van der Waals surface area contributed by atoms with Crippen LogP contribution in [0.15, 0.2) is 24.3 Å². The van der Waals surface area contributed by atoms with E-state index in [1.165, 1.54) is 32.1 Å². The van der Waals surface area contributed by atoms with Crippen molar-refractivity contribution in [2.75, 3.05) is 18.5 Å². The Labute approximate surface area is 120 Å². The number of amides is 1. The quantitative estimate of drug-likeness (QED) is 0.804. The Bertz CT molecular complexity index is 428. The van der Waals surface area contributed by atoms with E-state index in [0.717, 1.165) is 23.9 Å². The Morgan fingerprint density at radius 1 is 1.25 bits per heavy atom. The second-order valence-electron chi connectivity index (χ2n) is 5.45. The second kappa shape index (κ2) is 7.78. The molecular weight excluding hydrogens is 252 g/mol. The summed E-state index contributed by atoms with van der Waals surface area (Å²) in [5.74, 6) is 1.23. The number of ether oxygens (including phenoxy) is 1. The molecule has 1 aliphatic carbocycles. The van der Waals surface area contributed by atoms with Gasteiger partial charge in [-0.2, -0.15) is 0 Å². The topological polar surface area (TPSA) is 64.4 Å². The molecule has 20 heavy (non-hydrogen) atoms. The van der Waals surface area contributed by atoms with Crippen molar-refractivity contribution in [1.82, 2.24) is 0 Å². The maximum Gasteiger partial charge on any atom is 0.220 e. The third-order valence-corrected chi connectivity index (χ3v) is 3.80. The molecule has 1 aromatic rings. The van der Waals surface area contributed by atoms with E-state index in [1.807, 2.05) is 24.3 Å². The van der Waals surface area contributed by atoms with Crippen LogP contribution in [-0.2, 0) is 4.79 Å². The summed E-state index contributed by atoms with van der Waals surface area (Å²) in [6.07, 6.45) is 6.96. The van der Waals surface area contributed by atoms with Crippen molar-refractivity contribution in [2.45, 2.75) is 38.5 Å². The number of hydrogen-bond acceptors (Lipinski definition) is 3. The first-order valence-electron chi connectivity index (χ1n) is 7.49. The van der Waals surface area contributed by atoms with E-state index >= 15 is 0 Å².